The fourth-order valence-electron chi connectivity index (χ4n) is 0.890. The number of aliphatic hydroxyl groups is 1. The van der Waals surface area contributed by atoms with Gasteiger partial charge >= 0.3 is 0 Å². The number of benzene rings is 1. The topological polar surface area (TPSA) is 54.4 Å². The molecule has 0 heterocycles. The first-order valence-electron chi connectivity index (χ1n) is 3.72. The Kier molecular flexibility index (Phi) is 3.42. The highest BCUT2D eigenvalue weighted by Crippen LogP contribution is 2.24. The summed E-state index contributed by atoms with van der Waals surface area (Å²) in [5.74, 6) is 0. The maximum absolute atomic E-state index is 11.5. The van der Waals surface area contributed by atoms with Gasteiger partial charge in [0, 0.05) is 10.0 Å². The van der Waals surface area contributed by atoms with Crippen molar-refractivity contribution in [1.29, 1.82) is 0 Å². The smallest absolute Gasteiger partial charge is 0.204 e. The van der Waals surface area contributed by atoms with Crippen molar-refractivity contribution in [3.8, 4) is 0 Å². The Bertz CT molecular complexity index is 420. The fraction of sp³-hybridized carbons (Fsp3) is 0.250. The molecule has 0 unspecified atom stereocenters. The van der Waals surface area contributed by atoms with E-state index in [1.807, 2.05) is 0 Å². The molecule has 78 valence electrons. The summed E-state index contributed by atoms with van der Waals surface area (Å²) in [4.78, 5) is -0.0787. The van der Waals surface area contributed by atoms with Gasteiger partial charge in [-0.3, -0.25) is 0 Å². The van der Waals surface area contributed by atoms with Crippen molar-refractivity contribution in [3.05, 3.63) is 28.2 Å². The molecule has 0 spiro atoms. The van der Waals surface area contributed by atoms with E-state index in [-0.39, 0.29) is 14.9 Å². The van der Waals surface area contributed by atoms with Gasteiger partial charge in [0.2, 0.25) is 9.84 Å². The van der Waals surface area contributed by atoms with E-state index in [0.29, 0.717) is 0 Å². The number of hydrogen-bond acceptors (Lipinski definition) is 3. The number of hydrogen-bond donors (Lipinski definition) is 1. The summed E-state index contributed by atoms with van der Waals surface area (Å²) in [5, 5.41) is 9.48. The molecule has 0 aliphatic carbocycles. The Hall–Kier alpha value is -0.290. The predicted molar refractivity (Wildman–Crippen MR) is 55.3 cm³/mol. The monoisotopic (exact) mass is 254 g/mol. The van der Waals surface area contributed by atoms with Crippen molar-refractivity contribution in [2.24, 2.45) is 0 Å². The Morgan fingerprint density at radius 2 is 1.64 bits per heavy atom. The summed E-state index contributed by atoms with van der Waals surface area (Å²) >= 11 is 11.3. The van der Waals surface area contributed by atoms with Gasteiger partial charge in [0.25, 0.3) is 0 Å². The van der Waals surface area contributed by atoms with Crippen LogP contribution in [0.5, 0.6) is 0 Å². The average Bonchev–Trinajstić information content (AvgIpc) is 2.01. The first-order valence-corrected chi connectivity index (χ1v) is 6.02. The molecule has 0 amide bonds. The largest absolute Gasteiger partial charge is 0.377 e. The van der Waals surface area contributed by atoms with E-state index < -0.39 is 15.3 Å². The highest BCUT2D eigenvalue weighted by Gasteiger charge is 2.21. The molecule has 1 aromatic carbocycles. The zero-order valence-corrected chi connectivity index (χ0v) is 9.57. The molecule has 1 aromatic rings. The molecule has 0 bridgehead atoms. The van der Waals surface area contributed by atoms with Crippen molar-refractivity contribution in [1.82, 2.24) is 0 Å². The quantitative estimate of drug-likeness (QED) is 0.880. The second-order valence-electron chi connectivity index (χ2n) is 2.75. The Labute approximate surface area is 92.2 Å². The van der Waals surface area contributed by atoms with Crippen LogP contribution in [-0.4, -0.2) is 19.0 Å². The zero-order valence-electron chi connectivity index (χ0n) is 7.24. The number of rotatable bonds is 2. The summed E-state index contributed by atoms with van der Waals surface area (Å²) in [6.45, 7) is 1.17. The molecule has 1 N–H and O–H groups in total. The van der Waals surface area contributed by atoms with Gasteiger partial charge in [-0.05, 0) is 25.1 Å². The highest BCUT2D eigenvalue weighted by atomic mass is 35.5. The van der Waals surface area contributed by atoms with Crippen LogP contribution in [-0.2, 0) is 9.84 Å². The van der Waals surface area contributed by atoms with E-state index >= 15 is 0 Å². The van der Waals surface area contributed by atoms with E-state index in [9.17, 15) is 8.42 Å². The molecule has 1 rings (SSSR count). The van der Waals surface area contributed by atoms with Crippen molar-refractivity contribution >= 4 is 33.0 Å². The third-order valence-electron chi connectivity index (χ3n) is 1.61. The van der Waals surface area contributed by atoms with Crippen LogP contribution < -0.4 is 0 Å². The van der Waals surface area contributed by atoms with Crippen molar-refractivity contribution in [3.63, 3.8) is 0 Å². The average molecular weight is 255 g/mol. The van der Waals surface area contributed by atoms with Gasteiger partial charge in [-0.1, -0.05) is 23.2 Å². The lowest BCUT2D eigenvalue weighted by Gasteiger charge is -2.07. The Balaban J connectivity index is 3.34. The first-order chi connectivity index (χ1) is 6.34. The molecule has 0 saturated carbocycles. The van der Waals surface area contributed by atoms with Crippen LogP contribution in [0.1, 0.15) is 6.92 Å². The second kappa shape index (κ2) is 4.06. The fourth-order valence-corrected chi connectivity index (χ4v) is 2.52. The molecular weight excluding hydrogens is 247 g/mol. The SMILES string of the molecule is C[C@@H](O)S(=O)(=O)c1cc(Cl)cc(Cl)c1. The number of halogens is 2. The van der Waals surface area contributed by atoms with Gasteiger partial charge in [-0.2, -0.15) is 0 Å². The summed E-state index contributed by atoms with van der Waals surface area (Å²) in [7, 11) is -3.74. The maximum atomic E-state index is 11.5. The van der Waals surface area contributed by atoms with Crippen molar-refractivity contribution < 1.29 is 13.5 Å². The molecule has 6 heteroatoms. The van der Waals surface area contributed by atoms with E-state index in [1.165, 1.54) is 25.1 Å². The van der Waals surface area contributed by atoms with Crippen molar-refractivity contribution in [2.75, 3.05) is 0 Å². The number of sulfone groups is 1. The molecule has 0 aliphatic rings. The molecule has 0 aliphatic heterocycles. The summed E-state index contributed by atoms with van der Waals surface area (Å²) in [6.07, 6.45) is 0. The molecule has 3 nitrogen and oxygen atoms in total. The third kappa shape index (κ3) is 2.39. The summed E-state index contributed by atoms with van der Waals surface area (Å²) < 4.78 is 22.9. The van der Waals surface area contributed by atoms with Crippen LogP contribution in [0.2, 0.25) is 10.0 Å². The van der Waals surface area contributed by atoms with Crippen LogP contribution in [0, 0.1) is 0 Å². The molecule has 0 fully saturated rings. The predicted octanol–water partition coefficient (Wildman–Crippen LogP) is 2.11. The Morgan fingerprint density at radius 1 is 1.21 bits per heavy atom. The van der Waals surface area contributed by atoms with Crippen LogP contribution >= 0.6 is 23.2 Å². The normalized spacial score (nSPS) is 14.0. The standard InChI is InChI=1S/C8H8Cl2O3S/c1-5(11)14(12,13)8-3-6(9)2-7(10)4-8/h2-5,11H,1H3/t5-/m0/s1. The minimum Gasteiger partial charge on any atom is -0.377 e. The zero-order chi connectivity index (χ0) is 10.9. The maximum Gasteiger partial charge on any atom is 0.204 e. The van der Waals surface area contributed by atoms with E-state index in [4.69, 9.17) is 28.3 Å². The third-order valence-corrected chi connectivity index (χ3v) is 3.84. The van der Waals surface area contributed by atoms with E-state index in [2.05, 4.69) is 0 Å². The lowest BCUT2D eigenvalue weighted by atomic mass is 10.4. The minimum absolute atomic E-state index is 0.0787. The van der Waals surface area contributed by atoms with Gasteiger partial charge < -0.3 is 5.11 Å². The van der Waals surface area contributed by atoms with Gasteiger partial charge in [0.15, 0.2) is 5.44 Å². The molecular formula is C8H8Cl2O3S. The van der Waals surface area contributed by atoms with Gasteiger partial charge in [0.05, 0.1) is 4.90 Å². The van der Waals surface area contributed by atoms with Crippen LogP contribution in [0.3, 0.4) is 0 Å². The van der Waals surface area contributed by atoms with Gasteiger partial charge in [0.1, 0.15) is 0 Å². The molecule has 0 radical (unpaired) electrons. The van der Waals surface area contributed by atoms with Gasteiger partial charge in [-0.15, -0.1) is 0 Å². The Morgan fingerprint density at radius 3 is 2.00 bits per heavy atom. The minimum atomic E-state index is -3.74. The van der Waals surface area contributed by atoms with E-state index in [0.717, 1.165) is 0 Å². The number of aliphatic hydroxyl groups excluding tert-OH is 1. The molecule has 14 heavy (non-hydrogen) atoms. The second-order valence-corrected chi connectivity index (χ2v) is 5.87. The van der Waals surface area contributed by atoms with Crippen LogP contribution in [0.15, 0.2) is 23.1 Å². The lowest BCUT2D eigenvalue weighted by molar-refractivity contribution is 0.268. The van der Waals surface area contributed by atoms with Gasteiger partial charge in [-0.25, -0.2) is 8.42 Å². The molecule has 0 saturated heterocycles. The van der Waals surface area contributed by atoms with Crippen molar-refractivity contribution in [2.45, 2.75) is 17.3 Å². The van der Waals surface area contributed by atoms with E-state index in [1.54, 1.807) is 0 Å². The lowest BCUT2D eigenvalue weighted by Crippen LogP contribution is -2.16. The molecule has 0 aromatic heterocycles. The summed E-state index contributed by atoms with van der Waals surface area (Å²) in [6, 6.07) is 3.91. The molecule has 1 atom stereocenters. The summed E-state index contributed by atoms with van der Waals surface area (Å²) in [5.41, 5.74) is -1.47. The first kappa shape index (κ1) is 11.8. The van der Waals surface area contributed by atoms with Crippen LogP contribution in [0.4, 0.5) is 0 Å². The van der Waals surface area contributed by atoms with Crippen LogP contribution in [0.25, 0.3) is 0 Å². The highest BCUT2D eigenvalue weighted by molar-refractivity contribution is 7.91.